The quantitative estimate of drug-likeness (QED) is 0.567. The number of hydrogen-bond donors (Lipinski definition) is 0. The van der Waals surface area contributed by atoms with Crippen molar-refractivity contribution in [1.29, 1.82) is 0 Å². The summed E-state index contributed by atoms with van der Waals surface area (Å²) in [4.78, 5) is 0. The van der Waals surface area contributed by atoms with Gasteiger partial charge in [-0.15, -0.1) is 0 Å². The summed E-state index contributed by atoms with van der Waals surface area (Å²) in [6.45, 7) is 7.27. The normalized spacial score (nSPS) is 32.4. The molecule has 0 aromatic heterocycles. The summed E-state index contributed by atoms with van der Waals surface area (Å²) in [5, 5.41) is 0. The maximum atomic E-state index is 5.74. The lowest BCUT2D eigenvalue weighted by Gasteiger charge is -2.22. The van der Waals surface area contributed by atoms with E-state index in [4.69, 9.17) is 18.9 Å². The molecule has 0 aromatic rings. The number of hydrogen-bond acceptors (Lipinski definition) is 4. The maximum absolute atomic E-state index is 5.74. The summed E-state index contributed by atoms with van der Waals surface area (Å²) in [6.07, 6.45) is 1.94. The van der Waals surface area contributed by atoms with E-state index in [2.05, 4.69) is 13.8 Å². The fourth-order valence-corrected chi connectivity index (χ4v) is 1.51. The van der Waals surface area contributed by atoms with Crippen LogP contribution < -0.4 is 0 Å². The van der Waals surface area contributed by atoms with Crippen LogP contribution in [0.15, 0.2) is 0 Å². The predicted octanol–water partition coefficient (Wildman–Crippen LogP) is 0.984. The van der Waals surface area contributed by atoms with Crippen LogP contribution in [0.3, 0.4) is 0 Å². The molecule has 2 aliphatic rings. The van der Waals surface area contributed by atoms with Crippen molar-refractivity contribution in [3.05, 3.63) is 0 Å². The smallest absolute Gasteiger partial charge is 0.104 e. The van der Waals surface area contributed by atoms with Gasteiger partial charge in [-0.2, -0.15) is 0 Å². The lowest BCUT2D eigenvalue weighted by atomic mass is 10.2. The predicted molar refractivity (Wildman–Crippen MR) is 54.9 cm³/mol. The van der Waals surface area contributed by atoms with Crippen molar-refractivity contribution in [3.8, 4) is 0 Å². The lowest BCUT2D eigenvalue weighted by molar-refractivity contribution is -0.0718. The van der Waals surface area contributed by atoms with Gasteiger partial charge in [0.15, 0.2) is 0 Å². The largest absolute Gasteiger partial charge is 0.373 e. The monoisotopic (exact) mass is 216 g/mol. The Morgan fingerprint density at radius 2 is 1.67 bits per heavy atom. The van der Waals surface area contributed by atoms with E-state index in [-0.39, 0.29) is 12.2 Å². The molecule has 0 radical (unpaired) electrons. The fourth-order valence-electron chi connectivity index (χ4n) is 1.51. The Morgan fingerprint density at radius 3 is 2.13 bits per heavy atom. The summed E-state index contributed by atoms with van der Waals surface area (Å²) < 4.78 is 21.6. The van der Waals surface area contributed by atoms with Gasteiger partial charge in [0.05, 0.1) is 38.6 Å². The third-order valence-electron chi connectivity index (χ3n) is 2.77. The van der Waals surface area contributed by atoms with E-state index in [1.54, 1.807) is 0 Å². The standard InChI is InChI=1S/C11H20O4/c1-3-11(15-7-10-6-14-10)8(2)12-4-9-5-13-9/h8-11H,3-7H2,1-2H3. The fraction of sp³-hybridized carbons (Fsp3) is 1.00. The Labute approximate surface area is 90.8 Å². The molecule has 2 aliphatic heterocycles. The van der Waals surface area contributed by atoms with Crippen molar-refractivity contribution >= 4 is 0 Å². The van der Waals surface area contributed by atoms with Crippen LogP contribution in [-0.2, 0) is 18.9 Å². The molecule has 2 fully saturated rings. The van der Waals surface area contributed by atoms with Crippen molar-refractivity contribution in [2.45, 2.75) is 44.7 Å². The van der Waals surface area contributed by atoms with Crippen molar-refractivity contribution < 1.29 is 18.9 Å². The van der Waals surface area contributed by atoms with Crippen molar-refractivity contribution in [1.82, 2.24) is 0 Å². The van der Waals surface area contributed by atoms with Crippen LogP contribution >= 0.6 is 0 Å². The average Bonchev–Trinajstić information content (AvgIpc) is 3.10. The SMILES string of the molecule is CCC(OCC1CO1)C(C)OCC1CO1. The van der Waals surface area contributed by atoms with Gasteiger partial charge < -0.3 is 18.9 Å². The van der Waals surface area contributed by atoms with Crippen LogP contribution in [0.25, 0.3) is 0 Å². The molecule has 0 N–H and O–H groups in total. The zero-order valence-electron chi connectivity index (χ0n) is 9.48. The van der Waals surface area contributed by atoms with Gasteiger partial charge in [-0.05, 0) is 13.3 Å². The third kappa shape index (κ3) is 4.07. The second-order valence-corrected chi connectivity index (χ2v) is 4.23. The van der Waals surface area contributed by atoms with E-state index in [1.165, 1.54) is 0 Å². The van der Waals surface area contributed by atoms with Crippen LogP contribution in [0.1, 0.15) is 20.3 Å². The molecular weight excluding hydrogens is 196 g/mol. The molecule has 4 unspecified atom stereocenters. The molecular formula is C11H20O4. The maximum Gasteiger partial charge on any atom is 0.104 e. The topological polar surface area (TPSA) is 43.5 Å². The Morgan fingerprint density at radius 1 is 1.13 bits per heavy atom. The molecule has 0 bridgehead atoms. The molecule has 0 saturated carbocycles. The minimum atomic E-state index is 0.137. The second kappa shape index (κ2) is 5.25. The first-order valence-corrected chi connectivity index (χ1v) is 5.76. The highest BCUT2D eigenvalue weighted by molar-refractivity contribution is 4.73. The molecule has 4 nitrogen and oxygen atoms in total. The molecule has 15 heavy (non-hydrogen) atoms. The van der Waals surface area contributed by atoms with Gasteiger partial charge in [-0.3, -0.25) is 0 Å². The van der Waals surface area contributed by atoms with Crippen LogP contribution in [-0.4, -0.2) is 50.8 Å². The van der Waals surface area contributed by atoms with Crippen molar-refractivity contribution in [3.63, 3.8) is 0 Å². The summed E-state index contributed by atoms with van der Waals surface area (Å²) in [6, 6.07) is 0. The molecule has 88 valence electrons. The minimum absolute atomic E-state index is 0.137. The summed E-state index contributed by atoms with van der Waals surface area (Å²) >= 11 is 0. The summed E-state index contributed by atoms with van der Waals surface area (Å²) in [5.74, 6) is 0. The van der Waals surface area contributed by atoms with Gasteiger partial charge in [0.25, 0.3) is 0 Å². The van der Waals surface area contributed by atoms with Crippen molar-refractivity contribution in [2.75, 3.05) is 26.4 Å². The molecule has 2 heterocycles. The van der Waals surface area contributed by atoms with Crippen molar-refractivity contribution in [2.24, 2.45) is 0 Å². The highest BCUT2D eigenvalue weighted by Crippen LogP contribution is 2.16. The van der Waals surface area contributed by atoms with Crippen LogP contribution in [0.5, 0.6) is 0 Å². The summed E-state index contributed by atoms with van der Waals surface area (Å²) in [5.41, 5.74) is 0. The lowest BCUT2D eigenvalue weighted by Crippen LogP contribution is -2.31. The van der Waals surface area contributed by atoms with Crippen LogP contribution in [0.4, 0.5) is 0 Å². The van der Waals surface area contributed by atoms with Gasteiger partial charge in [-0.25, -0.2) is 0 Å². The van der Waals surface area contributed by atoms with Gasteiger partial charge in [0.2, 0.25) is 0 Å². The highest BCUT2D eigenvalue weighted by atomic mass is 16.6. The number of ether oxygens (including phenoxy) is 4. The van der Waals surface area contributed by atoms with Gasteiger partial charge in [0.1, 0.15) is 12.2 Å². The molecule has 0 spiro atoms. The van der Waals surface area contributed by atoms with E-state index < -0.39 is 0 Å². The molecule has 2 rings (SSSR count). The number of epoxide rings is 2. The highest BCUT2D eigenvalue weighted by Gasteiger charge is 2.28. The summed E-state index contributed by atoms with van der Waals surface area (Å²) in [7, 11) is 0. The second-order valence-electron chi connectivity index (χ2n) is 4.23. The third-order valence-corrected chi connectivity index (χ3v) is 2.77. The molecule has 4 atom stereocenters. The minimum Gasteiger partial charge on any atom is -0.373 e. The molecule has 0 aromatic carbocycles. The van der Waals surface area contributed by atoms with Gasteiger partial charge in [-0.1, -0.05) is 6.92 Å². The first-order valence-electron chi connectivity index (χ1n) is 5.76. The first-order chi connectivity index (χ1) is 7.29. The van der Waals surface area contributed by atoms with Crippen LogP contribution in [0, 0.1) is 0 Å². The van der Waals surface area contributed by atoms with E-state index in [1.807, 2.05) is 0 Å². The van der Waals surface area contributed by atoms with E-state index in [0.29, 0.717) is 25.4 Å². The molecule has 4 heteroatoms. The molecule has 0 aliphatic carbocycles. The first kappa shape index (κ1) is 11.3. The zero-order chi connectivity index (χ0) is 10.7. The Balaban J connectivity index is 1.60. The van der Waals surface area contributed by atoms with Gasteiger partial charge in [0, 0.05) is 0 Å². The van der Waals surface area contributed by atoms with E-state index in [9.17, 15) is 0 Å². The average molecular weight is 216 g/mol. The van der Waals surface area contributed by atoms with Gasteiger partial charge >= 0.3 is 0 Å². The zero-order valence-corrected chi connectivity index (χ0v) is 9.48. The van der Waals surface area contributed by atoms with E-state index >= 15 is 0 Å². The van der Waals surface area contributed by atoms with Crippen LogP contribution in [0.2, 0.25) is 0 Å². The van der Waals surface area contributed by atoms with E-state index in [0.717, 1.165) is 19.6 Å². The Hall–Kier alpha value is -0.160. The molecule has 2 saturated heterocycles. The molecule has 0 amide bonds. The number of rotatable bonds is 8. The Kier molecular flexibility index (Phi) is 3.97. The Bertz CT molecular complexity index is 189.